The first-order valence-corrected chi connectivity index (χ1v) is 7.62. The Morgan fingerprint density at radius 3 is 2.63 bits per heavy atom. The number of hydrogen-bond donors (Lipinski definition) is 0. The van der Waals surface area contributed by atoms with Crippen LogP contribution in [0.2, 0.25) is 5.02 Å². The zero-order chi connectivity index (χ0) is 13.1. The van der Waals surface area contributed by atoms with Crippen LogP contribution in [0, 0.1) is 0 Å². The van der Waals surface area contributed by atoms with Crippen LogP contribution in [0.1, 0.15) is 0 Å². The van der Waals surface area contributed by atoms with Gasteiger partial charge in [0.1, 0.15) is 0 Å². The van der Waals surface area contributed by atoms with Crippen LogP contribution in [-0.4, -0.2) is 10.3 Å². The maximum absolute atomic E-state index is 6.18. The third kappa shape index (κ3) is 2.80. The summed E-state index contributed by atoms with van der Waals surface area (Å²) in [6.07, 6.45) is 2.11. The van der Waals surface area contributed by atoms with Gasteiger partial charge < -0.3 is 4.57 Å². The second kappa shape index (κ2) is 5.72. The predicted molar refractivity (Wildman–Crippen MR) is 84.1 cm³/mol. The van der Waals surface area contributed by atoms with E-state index in [2.05, 4.69) is 47.2 Å². The van der Waals surface area contributed by atoms with Crippen LogP contribution in [0.3, 0.4) is 0 Å². The molecule has 0 aliphatic rings. The molecular weight excluding hydrogens is 274 g/mol. The smallest absolute Gasteiger partial charge is 0.0499 e. The molecule has 0 atom stereocenters. The Kier molecular flexibility index (Phi) is 3.81. The van der Waals surface area contributed by atoms with E-state index in [0.29, 0.717) is 0 Å². The van der Waals surface area contributed by atoms with Crippen molar-refractivity contribution in [3.05, 3.63) is 65.8 Å². The van der Waals surface area contributed by atoms with E-state index in [4.69, 9.17) is 11.6 Å². The lowest BCUT2D eigenvalue weighted by Crippen LogP contribution is -1.98. The minimum absolute atomic E-state index is 0.826. The van der Waals surface area contributed by atoms with E-state index in [1.165, 1.54) is 10.4 Å². The summed E-state index contributed by atoms with van der Waals surface area (Å²) in [7, 11) is 0. The molecule has 0 saturated heterocycles. The van der Waals surface area contributed by atoms with Crippen LogP contribution in [0.15, 0.2) is 65.7 Å². The highest BCUT2D eigenvalue weighted by atomic mass is 35.5. The van der Waals surface area contributed by atoms with Gasteiger partial charge in [-0.05, 0) is 30.3 Å². The summed E-state index contributed by atoms with van der Waals surface area (Å²) in [5.74, 6) is 1.06. The fraction of sp³-hybridized carbons (Fsp3) is 0.125. The number of rotatable bonds is 4. The van der Waals surface area contributed by atoms with Gasteiger partial charge in [-0.3, -0.25) is 0 Å². The molecular formula is C16H14ClNS. The van der Waals surface area contributed by atoms with Crippen molar-refractivity contribution in [2.45, 2.75) is 11.4 Å². The first kappa shape index (κ1) is 12.6. The Labute approximate surface area is 122 Å². The lowest BCUT2D eigenvalue weighted by atomic mass is 10.2. The highest BCUT2D eigenvalue weighted by Crippen LogP contribution is 2.25. The van der Waals surface area contributed by atoms with E-state index < -0.39 is 0 Å². The Hall–Kier alpha value is -1.38. The van der Waals surface area contributed by atoms with Gasteiger partial charge in [-0.15, -0.1) is 11.8 Å². The van der Waals surface area contributed by atoms with E-state index >= 15 is 0 Å². The summed E-state index contributed by atoms with van der Waals surface area (Å²) in [4.78, 5) is 1.32. The molecule has 1 heterocycles. The number of aryl methyl sites for hydroxylation is 1. The third-order valence-electron chi connectivity index (χ3n) is 3.10. The maximum atomic E-state index is 6.18. The van der Waals surface area contributed by atoms with Crippen molar-refractivity contribution in [3.63, 3.8) is 0 Å². The van der Waals surface area contributed by atoms with Crippen molar-refractivity contribution in [2.24, 2.45) is 0 Å². The third-order valence-corrected chi connectivity index (χ3v) is 4.43. The van der Waals surface area contributed by atoms with Crippen LogP contribution in [0.5, 0.6) is 0 Å². The van der Waals surface area contributed by atoms with Crippen molar-refractivity contribution in [1.29, 1.82) is 0 Å². The quantitative estimate of drug-likeness (QED) is 0.605. The summed E-state index contributed by atoms with van der Waals surface area (Å²) >= 11 is 8.06. The number of fused-ring (bicyclic) bond motifs is 1. The predicted octanol–water partition coefficient (Wildman–Crippen LogP) is 5.09. The van der Waals surface area contributed by atoms with Crippen molar-refractivity contribution in [3.8, 4) is 0 Å². The first-order chi connectivity index (χ1) is 9.34. The standard InChI is InChI=1S/C16H14ClNS/c17-15-7-4-8-16-14(15)9-10-18(16)11-12-19-13-5-2-1-3-6-13/h1-10H,11-12H2. The highest BCUT2D eigenvalue weighted by Gasteiger charge is 2.03. The van der Waals surface area contributed by atoms with Gasteiger partial charge in [-0.25, -0.2) is 0 Å². The molecule has 1 nitrogen and oxygen atoms in total. The molecule has 0 bridgehead atoms. The number of hydrogen-bond acceptors (Lipinski definition) is 1. The van der Waals surface area contributed by atoms with Crippen LogP contribution in [-0.2, 0) is 6.54 Å². The van der Waals surface area contributed by atoms with Crippen LogP contribution in [0.25, 0.3) is 10.9 Å². The van der Waals surface area contributed by atoms with E-state index in [0.717, 1.165) is 22.7 Å². The lowest BCUT2D eigenvalue weighted by Gasteiger charge is -2.05. The van der Waals surface area contributed by atoms with Gasteiger partial charge in [0, 0.05) is 39.3 Å². The van der Waals surface area contributed by atoms with Gasteiger partial charge in [-0.1, -0.05) is 35.9 Å². The number of nitrogens with zero attached hydrogens (tertiary/aromatic N) is 1. The number of aromatic nitrogens is 1. The van der Waals surface area contributed by atoms with Crippen LogP contribution >= 0.6 is 23.4 Å². The fourth-order valence-corrected chi connectivity index (χ4v) is 3.27. The van der Waals surface area contributed by atoms with Crippen LogP contribution < -0.4 is 0 Å². The molecule has 0 spiro atoms. The second-order valence-corrected chi connectivity index (χ2v) is 5.92. The van der Waals surface area contributed by atoms with Gasteiger partial charge in [0.15, 0.2) is 0 Å². The summed E-state index contributed by atoms with van der Waals surface area (Å²) in [6.45, 7) is 0.989. The average Bonchev–Trinajstić information content (AvgIpc) is 2.85. The Bertz CT molecular complexity index is 676. The van der Waals surface area contributed by atoms with Crippen molar-refractivity contribution >= 4 is 34.3 Å². The van der Waals surface area contributed by atoms with E-state index in [1.807, 2.05) is 30.0 Å². The average molecular weight is 288 g/mol. The molecule has 0 amide bonds. The molecule has 1 aromatic heterocycles. The van der Waals surface area contributed by atoms with Crippen molar-refractivity contribution in [2.75, 3.05) is 5.75 Å². The Balaban J connectivity index is 1.71. The number of benzene rings is 2. The Morgan fingerprint density at radius 1 is 0.947 bits per heavy atom. The molecule has 3 rings (SSSR count). The molecule has 0 fully saturated rings. The SMILES string of the molecule is Clc1cccc2c1ccn2CCSc1ccccc1. The molecule has 0 aliphatic heterocycles. The number of thioether (sulfide) groups is 1. The topological polar surface area (TPSA) is 4.93 Å². The minimum Gasteiger partial charge on any atom is -0.347 e. The lowest BCUT2D eigenvalue weighted by molar-refractivity contribution is 0.807. The van der Waals surface area contributed by atoms with E-state index in [9.17, 15) is 0 Å². The molecule has 19 heavy (non-hydrogen) atoms. The molecule has 0 unspecified atom stereocenters. The van der Waals surface area contributed by atoms with Crippen molar-refractivity contribution < 1.29 is 0 Å². The van der Waals surface area contributed by atoms with Gasteiger partial charge in [-0.2, -0.15) is 0 Å². The zero-order valence-electron chi connectivity index (χ0n) is 10.4. The summed E-state index contributed by atoms with van der Waals surface area (Å²) in [5, 5.41) is 1.96. The summed E-state index contributed by atoms with van der Waals surface area (Å²) in [5.41, 5.74) is 1.21. The Morgan fingerprint density at radius 2 is 1.79 bits per heavy atom. The van der Waals surface area contributed by atoms with E-state index in [1.54, 1.807) is 0 Å². The molecule has 0 aliphatic carbocycles. The van der Waals surface area contributed by atoms with Gasteiger partial charge in [0.05, 0.1) is 0 Å². The molecule has 96 valence electrons. The highest BCUT2D eigenvalue weighted by molar-refractivity contribution is 7.99. The molecule has 2 aromatic carbocycles. The second-order valence-electron chi connectivity index (χ2n) is 4.34. The number of halogens is 1. The molecule has 0 N–H and O–H groups in total. The van der Waals surface area contributed by atoms with Crippen LogP contribution in [0.4, 0.5) is 0 Å². The first-order valence-electron chi connectivity index (χ1n) is 6.26. The van der Waals surface area contributed by atoms with E-state index in [-0.39, 0.29) is 0 Å². The molecule has 3 aromatic rings. The molecule has 0 radical (unpaired) electrons. The fourth-order valence-electron chi connectivity index (χ4n) is 2.16. The normalized spacial score (nSPS) is 11.0. The minimum atomic E-state index is 0.826. The summed E-state index contributed by atoms with van der Waals surface area (Å²) < 4.78 is 2.26. The zero-order valence-corrected chi connectivity index (χ0v) is 12.0. The maximum Gasteiger partial charge on any atom is 0.0499 e. The monoisotopic (exact) mass is 287 g/mol. The van der Waals surface area contributed by atoms with Gasteiger partial charge in [0.25, 0.3) is 0 Å². The largest absolute Gasteiger partial charge is 0.347 e. The van der Waals surface area contributed by atoms with Gasteiger partial charge >= 0.3 is 0 Å². The summed E-state index contributed by atoms with van der Waals surface area (Å²) in [6, 6.07) is 18.6. The van der Waals surface area contributed by atoms with Crippen molar-refractivity contribution in [1.82, 2.24) is 4.57 Å². The van der Waals surface area contributed by atoms with Gasteiger partial charge in [0.2, 0.25) is 0 Å². The molecule has 3 heteroatoms. The molecule has 0 saturated carbocycles.